The fourth-order valence-corrected chi connectivity index (χ4v) is 5.28. The Kier molecular flexibility index (Phi) is 7.92. The van der Waals surface area contributed by atoms with E-state index in [1.165, 1.54) is 17.8 Å². The molecule has 2 atom stereocenters. The molecule has 8 heteroatoms. The molecule has 1 saturated heterocycles. The number of hydrogen-bond acceptors (Lipinski definition) is 5. The highest BCUT2D eigenvalue weighted by molar-refractivity contribution is 7.10. The standard InChI is InChI=1S/C26H29FN4O2S/c1-19(29-26(33)25(32)28-18-20-9-11-21(27)12-10-20)24(23-8-5-17-34-23)31-15-13-30(14-16-31)22-6-3-2-4-7-22/h2-12,17,19,24H,13-16,18H2,1H3,(H,28,32)(H,29,33)/t19-,24+/m1/s1. The smallest absolute Gasteiger partial charge is 0.309 e. The fourth-order valence-electron chi connectivity index (χ4n) is 4.32. The summed E-state index contributed by atoms with van der Waals surface area (Å²) < 4.78 is 13.1. The summed E-state index contributed by atoms with van der Waals surface area (Å²) >= 11 is 1.66. The summed E-state index contributed by atoms with van der Waals surface area (Å²) in [6, 6.07) is 20.0. The van der Waals surface area contributed by atoms with E-state index in [9.17, 15) is 14.0 Å². The first-order chi connectivity index (χ1) is 16.5. The van der Waals surface area contributed by atoms with E-state index in [0.717, 1.165) is 36.6 Å². The molecule has 0 unspecified atom stereocenters. The van der Waals surface area contributed by atoms with Gasteiger partial charge in [-0.25, -0.2) is 4.39 Å². The average molecular weight is 481 g/mol. The number of carbonyl (C=O) groups excluding carboxylic acids is 2. The third-order valence-electron chi connectivity index (χ3n) is 6.07. The van der Waals surface area contributed by atoms with Crippen LogP contribution in [0.25, 0.3) is 0 Å². The normalized spacial score (nSPS) is 16.0. The molecule has 34 heavy (non-hydrogen) atoms. The third-order valence-corrected chi connectivity index (χ3v) is 7.01. The lowest BCUT2D eigenvalue weighted by atomic mass is 10.0. The summed E-state index contributed by atoms with van der Waals surface area (Å²) in [5.41, 5.74) is 1.94. The van der Waals surface area contributed by atoms with Crippen molar-refractivity contribution in [1.29, 1.82) is 0 Å². The number of hydrogen-bond donors (Lipinski definition) is 2. The number of para-hydroxylation sites is 1. The SMILES string of the molecule is C[C@@H](NC(=O)C(=O)NCc1ccc(F)cc1)[C@@H](c1cccs1)N1CCN(c2ccccc2)CC1. The Balaban J connectivity index is 1.36. The van der Waals surface area contributed by atoms with Gasteiger partial charge in [0, 0.05) is 49.3 Å². The van der Waals surface area contributed by atoms with Crippen molar-refractivity contribution in [3.63, 3.8) is 0 Å². The largest absolute Gasteiger partial charge is 0.369 e. The second-order valence-electron chi connectivity index (χ2n) is 8.39. The van der Waals surface area contributed by atoms with Gasteiger partial charge in [0.15, 0.2) is 0 Å². The molecule has 0 radical (unpaired) electrons. The van der Waals surface area contributed by atoms with Gasteiger partial charge in [0.05, 0.1) is 6.04 Å². The summed E-state index contributed by atoms with van der Waals surface area (Å²) in [7, 11) is 0. The van der Waals surface area contributed by atoms with Gasteiger partial charge in [-0.3, -0.25) is 14.5 Å². The van der Waals surface area contributed by atoms with Gasteiger partial charge in [0.25, 0.3) is 0 Å². The summed E-state index contributed by atoms with van der Waals surface area (Å²) in [5, 5.41) is 7.54. The molecule has 2 aromatic carbocycles. The summed E-state index contributed by atoms with van der Waals surface area (Å²) in [5.74, 6) is -1.71. The van der Waals surface area contributed by atoms with E-state index in [1.807, 2.05) is 24.4 Å². The number of thiophene rings is 1. The van der Waals surface area contributed by atoms with Crippen LogP contribution >= 0.6 is 11.3 Å². The van der Waals surface area contributed by atoms with Crippen LogP contribution in [0.15, 0.2) is 72.1 Å². The predicted molar refractivity (Wildman–Crippen MR) is 133 cm³/mol. The molecule has 2 amide bonds. The Morgan fingerprint density at radius 3 is 2.29 bits per heavy atom. The highest BCUT2D eigenvalue weighted by Crippen LogP contribution is 2.30. The molecule has 1 aromatic heterocycles. The Hall–Kier alpha value is -3.23. The topological polar surface area (TPSA) is 64.7 Å². The lowest BCUT2D eigenvalue weighted by Gasteiger charge is -2.42. The van der Waals surface area contributed by atoms with Crippen molar-refractivity contribution in [2.75, 3.05) is 31.1 Å². The molecule has 2 heterocycles. The van der Waals surface area contributed by atoms with Crippen LogP contribution in [0.5, 0.6) is 0 Å². The van der Waals surface area contributed by atoms with Gasteiger partial charge in [-0.05, 0) is 48.2 Å². The van der Waals surface area contributed by atoms with E-state index in [-0.39, 0.29) is 24.4 Å². The van der Waals surface area contributed by atoms with Crippen LogP contribution in [0.2, 0.25) is 0 Å². The van der Waals surface area contributed by atoms with Crippen LogP contribution in [-0.2, 0) is 16.1 Å². The molecule has 0 spiro atoms. The quantitative estimate of drug-likeness (QED) is 0.508. The first-order valence-electron chi connectivity index (χ1n) is 11.4. The number of carbonyl (C=O) groups is 2. The van der Waals surface area contributed by atoms with Gasteiger partial charge in [-0.1, -0.05) is 36.4 Å². The van der Waals surface area contributed by atoms with Crippen molar-refractivity contribution in [3.8, 4) is 0 Å². The highest BCUT2D eigenvalue weighted by Gasteiger charge is 2.31. The summed E-state index contributed by atoms with van der Waals surface area (Å²) in [6.07, 6.45) is 0. The molecule has 1 aliphatic rings. The van der Waals surface area contributed by atoms with E-state index in [4.69, 9.17) is 0 Å². The van der Waals surface area contributed by atoms with Crippen LogP contribution in [0.4, 0.5) is 10.1 Å². The Morgan fingerprint density at radius 2 is 1.65 bits per heavy atom. The maximum absolute atomic E-state index is 13.1. The van der Waals surface area contributed by atoms with E-state index >= 15 is 0 Å². The van der Waals surface area contributed by atoms with Crippen LogP contribution < -0.4 is 15.5 Å². The van der Waals surface area contributed by atoms with Gasteiger partial charge in [-0.15, -0.1) is 11.3 Å². The molecule has 0 bridgehead atoms. The molecule has 0 saturated carbocycles. The highest BCUT2D eigenvalue weighted by atomic mass is 32.1. The number of amides is 2. The van der Waals surface area contributed by atoms with Crippen molar-refractivity contribution in [2.45, 2.75) is 25.6 Å². The Morgan fingerprint density at radius 1 is 0.941 bits per heavy atom. The van der Waals surface area contributed by atoms with Crippen molar-refractivity contribution < 1.29 is 14.0 Å². The first kappa shape index (κ1) is 23.9. The zero-order valence-corrected chi connectivity index (χ0v) is 19.9. The average Bonchev–Trinajstić information content (AvgIpc) is 3.39. The van der Waals surface area contributed by atoms with Crippen LogP contribution in [0, 0.1) is 5.82 Å². The lowest BCUT2D eigenvalue weighted by Crippen LogP contribution is -2.53. The molecule has 6 nitrogen and oxygen atoms in total. The molecule has 178 valence electrons. The van der Waals surface area contributed by atoms with Gasteiger partial charge in [0.1, 0.15) is 5.82 Å². The van der Waals surface area contributed by atoms with Crippen molar-refractivity contribution in [2.24, 2.45) is 0 Å². The third kappa shape index (κ3) is 6.01. The maximum Gasteiger partial charge on any atom is 0.309 e. The fraction of sp³-hybridized carbons (Fsp3) is 0.308. The van der Waals surface area contributed by atoms with E-state index in [2.05, 4.69) is 50.8 Å². The van der Waals surface area contributed by atoms with Crippen LogP contribution in [0.3, 0.4) is 0 Å². The molecular weight excluding hydrogens is 451 g/mol. The van der Waals surface area contributed by atoms with E-state index < -0.39 is 11.8 Å². The Labute approximate surface area is 203 Å². The minimum absolute atomic E-state index is 0.0215. The van der Waals surface area contributed by atoms with Crippen molar-refractivity contribution >= 4 is 28.8 Å². The van der Waals surface area contributed by atoms with Crippen molar-refractivity contribution in [1.82, 2.24) is 15.5 Å². The first-order valence-corrected chi connectivity index (χ1v) is 12.3. The number of rotatable bonds is 7. The minimum Gasteiger partial charge on any atom is -0.369 e. The molecule has 0 aliphatic carbocycles. The van der Waals surface area contributed by atoms with Gasteiger partial charge in [0.2, 0.25) is 0 Å². The molecule has 1 aliphatic heterocycles. The second kappa shape index (κ2) is 11.3. The lowest BCUT2D eigenvalue weighted by molar-refractivity contribution is -0.140. The number of anilines is 1. The zero-order valence-electron chi connectivity index (χ0n) is 19.1. The molecule has 4 rings (SSSR count). The van der Waals surface area contributed by atoms with Gasteiger partial charge in [-0.2, -0.15) is 0 Å². The molecule has 1 fully saturated rings. The predicted octanol–water partition coefficient (Wildman–Crippen LogP) is 3.57. The maximum atomic E-state index is 13.1. The number of halogens is 1. The van der Waals surface area contributed by atoms with Crippen LogP contribution in [0.1, 0.15) is 23.4 Å². The number of nitrogens with zero attached hydrogens (tertiary/aromatic N) is 2. The monoisotopic (exact) mass is 480 g/mol. The number of nitrogens with one attached hydrogen (secondary N) is 2. The summed E-state index contributed by atoms with van der Waals surface area (Å²) in [4.78, 5) is 30.9. The molecule has 2 N–H and O–H groups in total. The van der Waals surface area contributed by atoms with E-state index in [1.54, 1.807) is 23.5 Å². The summed E-state index contributed by atoms with van der Waals surface area (Å²) in [6.45, 7) is 5.61. The number of piperazine rings is 1. The van der Waals surface area contributed by atoms with Crippen molar-refractivity contribution in [3.05, 3.63) is 88.4 Å². The molecule has 3 aromatic rings. The van der Waals surface area contributed by atoms with E-state index in [0.29, 0.717) is 0 Å². The van der Waals surface area contributed by atoms with Gasteiger partial charge < -0.3 is 15.5 Å². The van der Waals surface area contributed by atoms with Gasteiger partial charge >= 0.3 is 11.8 Å². The van der Waals surface area contributed by atoms with Crippen LogP contribution in [-0.4, -0.2) is 48.9 Å². The zero-order chi connectivity index (χ0) is 23.9. The Bertz CT molecular complexity index is 1070. The second-order valence-corrected chi connectivity index (χ2v) is 9.37. The molecular formula is C26H29FN4O2S. The number of benzene rings is 2. The minimum atomic E-state index is -0.699.